The second kappa shape index (κ2) is 5.03. The molecule has 1 atom stereocenters. The lowest BCUT2D eigenvalue weighted by Crippen LogP contribution is -2.44. The van der Waals surface area contributed by atoms with Gasteiger partial charge in [-0.15, -0.1) is 11.6 Å². The van der Waals surface area contributed by atoms with E-state index in [1.54, 1.807) is 0 Å². The molecule has 2 aliphatic carbocycles. The fraction of sp³-hybridized carbons (Fsp3) is 0.933. The molecule has 0 aromatic carbocycles. The number of rotatable bonds is 4. The van der Waals surface area contributed by atoms with E-state index < -0.39 is 0 Å². The Morgan fingerprint density at radius 1 is 1.00 bits per heavy atom. The van der Waals surface area contributed by atoms with Gasteiger partial charge in [-0.3, -0.25) is 4.79 Å². The van der Waals surface area contributed by atoms with Gasteiger partial charge in [-0.25, -0.2) is 0 Å². The number of alkyl halides is 1. The minimum Gasteiger partial charge on any atom is -0.342 e. The molecule has 3 heteroatoms. The molecule has 0 radical (unpaired) electrons. The molecule has 0 N–H and O–H groups in total. The highest BCUT2D eigenvalue weighted by atomic mass is 35.5. The molecule has 0 aromatic rings. The van der Waals surface area contributed by atoms with Crippen LogP contribution < -0.4 is 0 Å². The Morgan fingerprint density at radius 3 is 1.89 bits per heavy atom. The number of likely N-dealkylation sites (tertiary alicyclic amines) is 1. The number of carbonyl (C=O) groups excluding carboxylic acids is 1. The van der Waals surface area contributed by atoms with E-state index in [-0.39, 0.29) is 5.38 Å². The van der Waals surface area contributed by atoms with E-state index in [2.05, 4.69) is 11.8 Å². The molecule has 1 saturated heterocycles. The van der Waals surface area contributed by atoms with Crippen molar-refractivity contribution in [2.75, 3.05) is 13.1 Å². The predicted octanol–water partition coefficient (Wildman–Crippen LogP) is 3.29. The summed E-state index contributed by atoms with van der Waals surface area (Å²) in [5.41, 5.74) is 0. The van der Waals surface area contributed by atoms with Crippen molar-refractivity contribution < 1.29 is 4.79 Å². The van der Waals surface area contributed by atoms with Gasteiger partial charge in [-0.05, 0) is 63.2 Å². The van der Waals surface area contributed by atoms with Crippen LogP contribution in [0.5, 0.6) is 0 Å². The predicted molar refractivity (Wildman–Crippen MR) is 73.6 cm³/mol. The summed E-state index contributed by atoms with van der Waals surface area (Å²) in [6, 6.07) is 0. The maximum Gasteiger partial charge on any atom is 0.226 e. The van der Waals surface area contributed by atoms with Crippen LogP contribution in [0.25, 0.3) is 0 Å². The number of hydrogen-bond donors (Lipinski definition) is 0. The second-order valence-electron chi connectivity index (χ2n) is 6.54. The van der Waals surface area contributed by atoms with Crippen LogP contribution in [0.15, 0.2) is 0 Å². The van der Waals surface area contributed by atoms with E-state index in [0.717, 1.165) is 37.8 Å². The molecule has 0 spiro atoms. The Bertz CT molecular complexity index is 302. The summed E-state index contributed by atoms with van der Waals surface area (Å²) in [6.45, 7) is 3.97. The highest BCUT2D eigenvalue weighted by molar-refractivity contribution is 6.20. The lowest BCUT2D eigenvalue weighted by atomic mass is 9.91. The molecular weight excluding hydrogens is 246 g/mol. The highest BCUT2D eigenvalue weighted by Crippen LogP contribution is 2.50. The van der Waals surface area contributed by atoms with Gasteiger partial charge in [-0.2, -0.15) is 0 Å². The van der Waals surface area contributed by atoms with Crippen molar-refractivity contribution in [3.05, 3.63) is 0 Å². The van der Waals surface area contributed by atoms with Crippen LogP contribution in [0.2, 0.25) is 0 Å². The van der Waals surface area contributed by atoms with E-state index in [9.17, 15) is 4.79 Å². The number of nitrogens with zero attached hydrogens (tertiary/aromatic N) is 1. The third-order valence-electron chi connectivity index (χ3n) is 5.05. The molecule has 2 nitrogen and oxygen atoms in total. The van der Waals surface area contributed by atoms with Gasteiger partial charge < -0.3 is 4.90 Å². The zero-order chi connectivity index (χ0) is 12.7. The molecule has 3 aliphatic rings. The van der Waals surface area contributed by atoms with Gasteiger partial charge in [0.05, 0.1) is 0 Å². The Hall–Kier alpha value is -0.240. The first-order valence-electron chi connectivity index (χ1n) is 7.59. The molecule has 3 rings (SSSR count). The van der Waals surface area contributed by atoms with Crippen molar-refractivity contribution in [3.8, 4) is 0 Å². The summed E-state index contributed by atoms with van der Waals surface area (Å²) in [6.07, 6.45) is 7.37. The molecule has 1 aliphatic heterocycles. The fourth-order valence-corrected chi connectivity index (χ4v) is 3.74. The van der Waals surface area contributed by atoms with Crippen molar-refractivity contribution in [2.24, 2.45) is 23.7 Å². The van der Waals surface area contributed by atoms with Gasteiger partial charge in [0.1, 0.15) is 0 Å². The lowest BCUT2D eigenvalue weighted by molar-refractivity contribution is -0.138. The first-order valence-corrected chi connectivity index (χ1v) is 8.03. The Labute approximate surface area is 115 Å². The Kier molecular flexibility index (Phi) is 3.57. The van der Waals surface area contributed by atoms with Gasteiger partial charge in [-0.1, -0.05) is 0 Å². The summed E-state index contributed by atoms with van der Waals surface area (Å²) in [4.78, 5) is 14.8. The fourth-order valence-electron chi connectivity index (χ4n) is 3.49. The number of piperidine rings is 1. The van der Waals surface area contributed by atoms with Crippen molar-refractivity contribution >= 4 is 17.5 Å². The standard InChI is InChI=1S/C15H24ClNO/c1-10(16)11-6-8-17(9-7-11)15(18)14(12-2-3-12)13-4-5-13/h10-14H,2-9H2,1H3. The van der Waals surface area contributed by atoms with Crippen LogP contribution in [-0.2, 0) is 4.79 Å². The number of hydrogen-bond acceptors (Lipinski definition) is 1. The van der Waals surface area contributed by atoms with Crippen LogP contribution >= 0.6 is 11.6 Å². The Morgan fingerprint density at radius 2 is 1.50 bits per heavy atom. The van der Waals surface area contributed by atoms with Crippen LogP contribution in [0.1, 0.15) is 45.4 Å². The normalized spacial score (nSPS) is 27.6. The maximum atomic E-state index is 12.6. The van der Waals surface area contributed by atoms with Gasteiger partial charge in [0, 0.05) is 24.4 Å². The largest absolute Gasteiger partial charge is 0.342 e. The van der Waals surface area contributed by atoms with Crippen molar-refractivity contribution in [1.29, 1.82) is 0 Å². The summed E-state index contributed by atoms with van der Waals surface area (Å²) in [5, 5.41) is 0.255. The summed E-state index contributed by atoms with van der Waals surface area (Å²) in [7, 11) is 0. The Balaban J connectivity index is 1.56. The minimum atomic E-state index is 0.255. The van der Waals surface area contributed by atoms with E-state index in [1.807, 2.05) is 0 Å². The molecule has 2 saturated carbocycles. The average Bonchev–Trinajstić information content (AvgIpc) is 3.23. The molecule has 1 heterocycles. The first kappa shape index (κ1) is 12.8. The van der Waals surface area contributed by atoms with Crippen molar-refractivity contribution in [3.63, 3.8) is 0 Å². The zero-order valence-electron chi connectivity index (χ0n) is 11.3. The van der Waals surface area contributed by atoms with Crippen LogP contribution in [-0.4, -0.2) is 29.3 Å². The SMILES string of the molecule is CC(Cl)C1CCN(C(=O)C(C2CC2)C2CC2)CC1. The van der Waals surface area contributed by atoms with Gasteiger partial charge in [0.25, 0.3) is 0 Å². The maximum absolute atomic E-state index is 12.6. The minimum absolute atomic E-state index is 0.255. The quantitative estimate of drug-likeness (QED) is 0.717. The number of carbonyl (C=O) groups is 1. The molecule has 1 amide bonds. The van der Waals surface area contributed by atoms with Crippen molar-refractivity contribution in [2.45, 2.75) is 50.8 Å². The van der Waals surface area contributed by atoms with E-state index in [4.69, 9.17) is 11.6 Å². The lowest BCUT2D eigenvalue weighted by Gasteiger charge is -2.35. The monoisotopic (exact) mass is 269 g/mol. The second-order valence-corrected chi connectivity index (χ2v) is 7.23. The van der Waals surface area contributed by atoms with Gasteiger partial charge in [0.15, 0.2) is 0 Å². The molecule has 18 heavy (non-hydrogen) atoms. The summed E-state index contributed by atoms with van der Waals surface area (Å²) >= 11 is 6.16. The van der Waals surface area contributed by atoms with E-state index in [0.29, 0.717) is 17.7 Å². The molecule has 1 unspecified atom stereocenters. The summed E-state index contributed by atoms with van der Waals surface area (Å²) < 4.78 is 0. The smallest absolute Gasteiger partial charge is 0.226 e. The third kappa shape index (κ3) is 2.68. The van der Waals surface area contributed by atoms with E-state index >= 15 is 0 Å². The topological polar surface area (TPSA) is 20.3 Å². The van der Waals surface area contributed by atoms with Crippen molar-refractivity contribution in [1.82, 2.24) is 4.90 Å². The molecular formula is C15H24ClNO. The zero-order valence-corrected chi connectivity index (χ0v) is 12.0. The average molecular weight is 270 g/mol. The highest BCUT2D eigenvalue weighted by Gasteiger charge is 2.47. The number of halogens is 1. The molecule has 3 fully saturated rings. The first-order chi connectivity index (χ1) is 8.66. The molecule has 0 aromatic heterocycles. The molecule has 0 bridgehead atoms. The van der Waals surface area contributed by atoms with Gasteiger partial charge >= 0.3 is 0 Å². The van der Waals surface area contributed by atoms with E-state index in [1.165, 1.54) is 25.7 Å². The van der Waals surface area contributed by atoms with Gasteiger partial charge in [0.2, 0.25) is 5.91 Å². The third-order valence-corrected chi connectivity index (χ3v) is 5.40. The van der Waals surface area contributed by atoms with Crippen LogP contribution in [0.4, 0.5) is 0 Å². The molecule has 102 valence electrons. The van der Waals surface area contributed by atoms with Crippen LogP contribution in [0, 0.1) is 23.7 Å². The number of amides is 1. The van der Waals surface area contributed by atoms with Crippen LogP contribution in [0.3, 0.4) is 0 Å². The summed E-state index contributed by atoms with van der Waals surface area (Å²) in [5.74, 6) is 2.93.